The average Bonchev–Trinajstić information content (AvgIpc) is 2.91. The van der Waals surface area contributed by atoms with E-state index >= 15 is 0 Å². The van der Waals surface area contributed by atoms with Crippen LogP contribution in [-0.2, 0) is 0 Å². The van der Waals surface area contributed by atoms with Crippen LogP contribution in [0.5, 0.6) is 0 Å². The van der Waals surface area contributed by atoms with Crippen LogP contribution in [0.15, 0.2) is 18.2 Å². The van der Waals surface area contributed by atoms with Crippen molar-refractivity contribution in [2.24, 2.45) is 5.92 Å². The Morgan fingerprint density at radius 1 is 1.26 bits per heavy atom. The molecule has 5 heteroatoms. The van der Waals surface area contributed by atoms with Gasteiger partial charge in [-0.3, -0.25) is 10.1 Å². The standard InChI is InChI=1S/C14H21N3O2/c1-15-12-8-13(10-14(9-12)17(18)19)16-7-6-11-4-2-3-5-11/h8-11,15-16H,2-7H2,1H3. The molecule has 104 valence electrons. The third kappa shape index (κ3) is 3.84. The van der Waals surface area contributed by atoms with E-state index in [1.165, 1.54) is 25.7 Å². The van der Waals surface area contributed by atoms with Crippen LogP contribution in [0.2, 0.25) is 0 Å². The van der Waals surface area contributed by atoms with E-state index in [4.69, 9.17) is 0 Å². The molecular formula is C14H21N3O2. The molecule has 0 saturated heterocycles. The molecule has 1 aromatic carbocycles. The monoisotopic (exact) mass is 263 g/mol. The predicted molar refractivity (Wildman–Crippen MR) is 77.7 cm³/mol. The smallest absolute Gasteiger partial charge is 0.273 e. The van der Waals surface area contributed by atoms with Gasteiger partial charge in [-0.2, -0.15) is 0 Å². The second kappa shape index (κ2) is 6.41. The molecule has 0 spiro atoms. The molecular weight excluding hydrogens is 242 g/mol. The molecule has 0 heterocycles. The van der Waals surface area contributed by atoms with E-state index in [0.717, 1.165) is 30.3 Å². The second-order valence-corrected chi connectivity index (χ2v) is 5.14. The topological polar surface area (TPSA) is 67.2 Å². The van der Waals surface area contributed by atoms with E-state index < -0.39 is 0 Å². The van der Waals surface area contributed by atoms with Crippen molar-refractivity contribution in [2.45, 2.75) is 32.1 Å². The molecule has 2 rings (SSSR count). The molecule has 0 aliphatic heterocycles. The van der Waals surface area contributed by atoms with Crippen LogP contribution in [0.3, 0.4) is 0 Å². The lowest BCUT2D eigenvalue weighted by Gasteiger charge is -2.11. The van der Waals surface area contributed by atoms with Crippen LogP contribution in [-0.4, -0.2) is 18.5 Å². The fraction of sp³-hybridized carbons (Fsp3) is 0.571. The van der Waals surface area contributed by atoms with E-state index in [0.29, 0.717) is 0 Å². The number of benzene rings is 1. The van der Waals surface area contributed by atoms with E-state index in [-0.39, 0.29) is 10.6 Å². The minimum atomic E-state index is -0.358. The number of hydrogen-bond acceptors (Lipinski definition) is 4. The Bertz CT molecular complexity index is 442. The van der Waals surface area contributed by atoms with Crippen LogP contribution in [0, 0.1) is 16.0 Å². The summed E-state index contributed by atoms with van der Waals surface area (Å²) in [6, 6.07) is 5.04. The summed E-state index contributed by atoms with van der Waals surface area (Å²) in [5, 5.41) is 17.1. The summed E-state index contributed by atoms with van der Waals surface area (Å²) in [6.07, 6.45) is 6.52. The fourth-order valence-corrected chi connectivity index (χ4v) is 2.68. The van der Waals surface area contributed by atoms with Gasteiger partial charge in [0.1, 0.15) is 0 Å². The zero-order valence-electron chi connectivity index (χ0n) is 11.3. The summed E-state index contributed by atoms with van der Waals surface area (Å²) in [6.45, 7) is 0.884. The lowest BCUT2D eigenvalue weighted by molar-refractivity contribution is -0.384. The molecule has 0 aromatic heterocycles. The van der Waals surface area contributed by atoms with Crippen molar-refractivity contribution in [2.75, 3.05) is 24.2 Å². The number of rotatable bonds is 6. The van der Waals surface area contributed by atoms with Crippen LogP contribution >= 0.6 is 0 Å². The molecule has 0 bridgehead atoms. The maximum absolute atomic E-state index is 10.9. The third-order valence-electron chi connectivity index (χ3n) is 3.77. The molecule has 5 nitrogen and oxygen atoms in total. The zero-order chi connectivity index (χ0) is 13.7. The molecule has 1 fully saturated rings. The van der Waals surface area contributed by atoms with Gasteiger partial charge in [-0.15, -0.1) is 0 Å². The number of hydrogen-bond donors (Lipinski definition) is 2. The Morgan fingerprint density at radius 2 is 1.95 bits per heavy atom. The third-order valence-corrected chi connectivity index (χ3v) is 3.77. The molecule has 1 saturated carbocycles. The van der Waals surface area contributed by atoms with Gasteiger partial charge in [-0.05, 0) is 18.4 Å². The van der Waals surface area contributed by atoms with Crippen molar-refractivity contribution < 1.29 is 4.92 Å². The van der Waals surface area contributed by atoms with Gasteiger partial charge in [0.05, 0.1) is 4.92 Å². The molecule has 1 aliphatic carbocycles. The van der Waals surface area contributed by atoms with Gasteiger partial charge >= 0.3 is 0 Å². The van der Waals surface area contributed by atoms with Crippen LogP contribution < -0.4 is 10.6 Å². The first-order valence-corrected chi connectivity index (χ1v) is 6.90. The highest BCUT2D eigenvalue weighted by Crippen LogP contribution is 2.28. The van der Waals surface area contributed by atoms with Crippen molar-refractivity contribution in [3.05, 3.63) is 28.3 Å². The highest BCUT2D eigenvalue weighted by Gasteiger charge is 2.14. The molecule has 1 aliphatic rings. The largest absolute Gasteiger partial charge is 0.388 e. The summed E-state index contributed by atoms with van der Waals surface area (Å²) < 4.78 is 0. The lowest BCUT2D eigenvalue weighted by atomic mass is 10.0. The van der Waals surface area contributed by atoms with Crippen molar-refractivity contribution in [3.8, 4) is 0 Å². The van der Waals surface area contributed by atoms with Crippen LogP contribution in [0.1, 0.15) is 32.1 Å². The fourth-order valence-electron chi connectivity index (χ4n) is 2.68. The minimum absolute atomic E-state index is 0.121. The highest BCUT2D eigenvalue weighted by atomic mass is 16.6. The van der Waals surface area contributed by atoms with E-state index in [2.05, 4.69) is 10.6 Å². The normalized spacial score (nSPS) is 15.4. The quantitative estimate of drug-likeness (QED) is 0.607. The summed E-state index contributed by atoms with van der Waals surface area (Å²) in [4.78, 5) is 10.5. The number of nitro benzene ring substituents is 1. The van der Waals surface area contributed by atoms with Gasteiger partial charge in [0.25, 0.3) is 5.69 Å². The summed E-state index contributed by atoms with van der Waals surface area (Å²) in [5.41, 5.74) is 1.70. The first-order valence-electron chi connectivity index (χ1n) is 6.90. The molecule has 1 aromatic rings. The summed E-state index contributed by atoms with van der Waals surface area (Å²) >= 11 is 0. The first kappa shape index (κ1) is 13.6. The molecule has 0 amide bonds. The number of non-ortho nitro benzene ring substituents is 1. The Labute approximate surface area is 113 Å². The molecule has 2 N–H and O–H groups in total. The van der Waals surface area contributed by atoms with E-state index in [1.807, 2.05) is 6.07 Å². The Morgan fingerprint density at radius 3 is 2.58 bits per heavy atom. The summed E-state index contributed by atoms with van der Waals surface area (Å²) in [7, 11) is 1.77. The number of anilines is 2. The van der Waals surface area contributed by atoms with Gasteiger partial charge in [0, 0.05) is 37.1 Å². The molecule has 0 unspecified atom stereocenters. The molecule has 19 heavy (non-hydrogen) atoms. The lowest BCUT2D eigenvalue weighted by Crippen LogP contribution is -2.07. The van der Waals surface area contributed by atoms with Gasteiger partial charge < -0.3 is 10.6 Å². The van der Waals surface area contributed by atoms with Crippen LogP contribution in [0.4, 0.5) is 17.1 Å². The zero-order valence-corrected chi connectivity index (χ0v) is 11.3. The van der Waals surface area contributed by atoms with Gasteiger partial charge in [0.15, 0.2) is 0 Å². The average molecular weight is 263 g/mol. The maximum atomic E-state index is 10.9. The van der Waals surface area contributed by atoms with Gasteiger partial charge in [0.2, 0.25) is 0 Å². The van der Waals surface area contributed by atoms with Crippen molar-refractivity contribution in [1.29, 1.82) is 0 Å². The first-order chi connectivity index (χ1) is 9.19. The highest BCUT2D eigenvalue weighted by molar-refractivity contribution is 5.63. The van der Waals surface area contributed by atoms with Crippen LogP contribution in [0.25, 0.3) is 0 Å². The van der Waals surface area contributed by atoms with E-state index in [9.17, 15) is 10.1 Å². The number of nitrogens with one attached hydrogen (secondary N) is 2. The number of nitrogens with zero attached hydrogens (tertiary/aromatic N) is 1. The Kier molecular flexibility index (Phi) is 4.60. The van der Waals surface area contributed by atoms with E-state index in [1.54, 1.807) is 19.2 Å². The second-order valence-electron chi connectivity index (χ2n) is 5.14. The van der Waals surface area contributed by atoms with Crippen molar-refractivity contribution >= 4 is 17.1 Å². The summed E-state index contributed by atoms with van der Waals surface area (Å²) in [5.74, 6) is 0.829. The Hall–Kier alpha value is -1.78. The predicted octanol–water partition coefficient (Wildman–Crippen LogP) is 3.63. The van der Waals surface area contributed by atoms with Gasteiger partial charge in [-0.1, -0.05) is 25.7 Å². The van der Waals surface area contributed by atoms with Crippen molar-refractivity contribution in [3.63, 3.8) is 0 Å². The minimum Gasteiger partial charge on any atom is -0.388 e. The SMILES string of the molecule is CNc1cc(NCCC2CCCC2)cc([N+](=O)[O-])c1. The molecule has 0 radical (unpaired) electrons. The number of nitro groups is 1. The van der Waals surface area contributed by atoms with Crippen molar-refractivity contribution in [1.82, 2.24) is 0 Å². The maximum Gasteiger partial charge on any atom is 0.273 e. The van der Waals surface area contributed by atoms with Gasteiger partial charge in [-0.25, -0.2) is 0 Å². The Balaban J connectivity index is 1.94. The molecule has 0 atom stereocenters.